The van der Waals surface area contributed by atoms with E-state index in [4.69, 9.17) is 5.73 Å². The molecule has 0 atom stereocenters. The van der Waals surface area contributed by atoms with E-state index in [0.29, 0.717) is 12.2 Å². The Balaban J connectivity index is 2.21. The highest BCUT2D eigenvalue weighted by atomic mass is 16.2. The van der Waals surface area contributed by atoms with E-state index in [-0.39, 0.29) is 12.5 Å². The summed E-state index contributed by atoms with van der Waals surface area (Å²) in [6.07, 6.45) is 3.16. The number of anilines is 1. The zero-order valence-electron chi connectivity index (χ0n) is 9.81. The van der Waals surface area contributed by atoms with Gasteiger partial charge in [-0.3, -0.25) is 9.48 Å². The largest absolute Gasteiger partial charge is 0.396 e. The van der Waals surface area contributed by atoms with Gasteiger partial charge in [-0.05, 0) is 13.6 Å². The lowest BCUT2D eigenvalue weighted by atomic mass is 10.5. The average molecular weight is 225 g/mol. The molecule has 0 aromatic carbocycles. The molecule has 0 aliphatic heterocycles. The summed E-state index contributed by atoms with van der Waals surface area (Å²) in [6.45, 7) is 4.77. The average Bonchev–Trinajstić information content (AvgIpc) is 2.63. The molecule has 0 aliphatic carbocycles. The van der Waals surface area contributed by atoms with Crippen molar-refractivity contribution < 1.29 is 4.79 Å². The van der Waals surface area contributed by atoms with Crippen LogP contribution >= 0.6 is 0 Å². The Morgan fingerprint density at radius 2 is 2.44 bits per heavy atom. The number of nitrogen functional groups attached to an aromatic ring is 1. The van der Waals surface area contributed by atoms with Gasteiger partial charge in [-0.25, -0.2) is 0 Å². The maximum absolute atomic E-state index is 11.5. The van der Waals surface area contributed by atoms with Crippen LogP contribution in [0.15, 0.2) is 12.4 Å². The number of nitrogens with two attached hydrogens (primary N) is 1. The highest BCUT2D eigenvalue weighted by Crippen LogP contribution is 1.96. The predicted molar refractivity (Wildman–Crippen MR) is 62.8 cm³/mol. The molecule has 0 saturated carbocycles. The van der Waals surface area contributed by atoms with Crippen LogP contribution in [-0.4, -0.2) is 47.3 Å². The van der Waals surface area contributed by atoms with Crippen LogP contribution in [0, 0.1) is 0 Å². The predicted octanol–water partition coefficient (Wildman–Crippen LogP) is -0.467. The molecule has 1 heterocycles. The summed E-state index contributed by atoms with van der Waals surface area (Å²) in [5, 5.41) is 6.76. The number of likely N-dealkylation sites (N-methyl/N-ethyl adjacent to an activating group) is 1. The fourth-order valence-corrected chi connectivity index (χ4v) is 1.21. The zero-order valence-corrected chi connectivity index (χ0v) is 9.81. The topological polar surface area (TPSA) is 76.2 Å². The number of aromatic nitrogens is 2. The number of hydrogen-bond acceptors (Lipinski definition) is 4. The van der Waals surface area contributed by atoms with Gasteiger partial charge in [0, 0.05) is 19.3 Å². The third-order valence-electron chi connectivity index (χ3n) is 2.31. The van der Waals surface area contributed by atoms with E-state index in [1.165, 1.54) is 10.9 Å². The molecule has 6 nitrogen and oxygen atoms in total. The van der Waals surface area contributed by atoms with E-state index in [0.717, 1.165) is 13.1 Å². The molecule has 0 bridgehead atoms. The summed E-state index contributed by atoms with van der Waals surface area (Å²) >= 11 is 0. The fourth-order valence-electron chi connectivity index (χ4n) is 1.21. The van der Waals surface area contributed by atoms with Crippen LogP contribution in [0.4, 0.5) is 5.69 Å². The van der Waals surface area contributed by atoms with Crippen molar-refractivity contribution in [2.45, 2.75) is 13.5 Å². The molecule has 1 rings (SSSR count). The van der Waals surface area contributed by atoms with E-state index in [1.807, 2.05) is 7.05 Å². The van der Waals surface area contributed by atoms with Crippen LogP contribution in [0.3, 0.4) is 0 Å². The first-order valence-corrected chi connectivity index (χ1v) is 5.35. The molecule has 90 valence electrons. The van der Waals surface area contributed by atoms with E-state index >= 15 is 0 Å². The number of nitrogens with one attached hydrogen (secondary N) is 1. The first-order chi connectivity index (χ1) is 7.61. The maximum atomic E-state index is 11.5. The van der Waals surface area contributed by atoms with Crippen LogP contribution < -0.4 is 11.1 Å². The smallest absolute Gasteiger partial charge is 0.241 e. The Morgan fingerprint density at radius 1 is 1.69 bits per heavy atom. The molecule has 6 heteroatoms. The summed E-state index contributed by atoms with van der Waals surface area (Å²) in [4.78, 5) is 13.6. The lowest BCUT2D eigenvalue weighted by Crippen LogP contribution is -2.34. The SMILES string of the molecule is CCN(C)CCNC(=O)Cn1cc(N)cn1. The molecule has 0 fully saturated rings. The lowest BCUT2D eigenvalue weighted by Gasteiger charge is -2.13. The number of nitrogens with zero attached hydrogens (tertiary/aromatic N) is 3. The van der Waals surface area contributed by atoms with Gasteiger partial charge in [0.2, 0.25) is 5.91 Å². The van der Waals surface area contributed by atoms with E-state index in [1.54, 1.807) is 6.20 Å². The fraction of sp³-hybridized carbons (Fsp3) is 0.600. The van der Waals surface area contributed by atoms with Gasteiger partial charge in [0.1, 0.15) is 6.54 Å². The van der Waals surface area contributed by atoms with Crippen LogP contribution in [0.25, 0.3) is 0 Å². The van der Waals surface area contributed by atoms with Crippen LogP contribution in [0.2, 0.25) is 0 Å². The summed E-state index contributed by atoms with van der Waals surface area (Å²) in [5.74, 6) is -0.0485. The molecule has 0 unspecified atom stereocenters. The molecule has 0 saturated heterocycles. The van der Waals surface area contributed by atoms with Gasteiger partial charge >= 0.3 is 0 Å². The summed E-state index contributed by atoms with van der Waals surface area (Å²) in [6, 6.07) is 0. The Bertz CT molecular complexity index is 336. The van der Waals surface area contributed by atoms with E-state index in [9.17, 15) is 4.79 Å². The van der Waals surface area contributed by atoms with E-state index in [2.05, 4.69) is 22.2 Å². The quantitative estimate of drug-likeness (QED) is 0.686. The summed E-state index contributed by atoms with van der Waals surface area (Å²) in [7, 11) is 2.01. The van der Waals surface area contributed by atoms with Gasteiger partial charge in [0.25, 0.3) is 0 Å². The summed E-state index contributed by atoms with van der Waals surface area (Å²) in [5.41, 5.74) is 6.06. The standard InChI is InChI=1S/C10H19N5O/c1-3-14(2)5-4-12-10(16)8-15-7-9(11)6-13-15/h6-7H,3-5,8,11H2,1-2H3,(H,12,16). The van der Waals surface area contributed by atoms with Crippen molar-refractivity contribution in [3.05, 3.63) is 12.4 Å². The normalized spacial score (nSPS) is 10.7. The molecule has 1 amide bonds. The van der Waals surface area contributed by atoms with Crippen molar-refractivity contribution in [1.29, 1.82) is 0 Å². The van der Waals surface area contributed by atoms with Crippen molar-refractivity contribution >= 4 is 11.6 Å². The minimum atomic E-state index is -0.0485. The van der Waals surface area contributed by atoms with Crippen LogP contribution in [-0.2, 0) is 11.3 Å². The Labute approximate surface area is 95.4 Å². The number of carbonyl (C=O) groups excluding carboxylic acids is 1. The molecule has 0 spiro atoms. The van der Waals surface area contributed by atoms with Crippen molar-refractivity contribution in [3.63, 3.8) is 0 Å². The molecular formula is C10H19N5O. The molecule has 3 N–H and O–H groups in total. The number of amides is 1. The minimum absolute atomic E-state index is 0.0485. The van der Waals surface area contributed by atoms with Crippen LogP contribution in [0.1, 0.15) is 6.92 Å². The molecule has 16 heavy (non-hydrogen) atoms. The molecule has 1 aromatic rings. The van der Waals surface area contributed by atoms with Gasteiger partial charge in [0.05, 0.1) is 11.9 Å². The van der Waals surface area contributed by atoms with Gasteiger partial charge < -0.3 is 16.0 Å². The van der Waals surface area contributed by atoms with Crippen molar-refractivity contribution in [2.24, 2.45) is 0 Å². The highest BCUT2D eigenvalue weighted by molar-refractivity contribution is 5.75. The van der Waals surface area contributed by atoms with Crippen molar-refractivity contribution in [1.82, 2.24) is 20.0 Å². The van der Waals surface area contributed by atoms with Gasteiger partial charge in [-0.1, -0.05) is 6.92 Å². The molecule has 0 radical (unpaired) electrons. The molecule has 1 aromatic heterocycles. The zero-order chi connectivity index (χ0) is 12.0. The summed E-state index contributed by atoms with van der Waals surface area (Å²) < 4.78 is 1.52. The third kappa shape index (κ3) is 4.31. The monoisotopic (exact) mass is 225 g/mol. The van der Waals surface area contributed by atoms with Crippen molar-refractivity contribution in [3.8, 4) is 0 Å². The molecular weight excluding hydrogens is 206 g/mol. The second-order valence-corrected chi connectivity index (χ2v) is 3.72. The van der Waals surface area contributed by atoms with Gasteiger partial charge in [-0.2, -0.15) is 5.10 Å². The second-order valence-electron chi connectivity index (χ2n) is 3.72. The Kier molecular flexibility index (Phi) is 4.78. The Hall–Kier alpha value is -1.56. The molecule has 0 aliphatic rings. The minimum Gasteiger partial charge on any atom is -0.396 e. The maximum Gasteiger partial charge on any atom is 0.241 e. The van der Waals surface area contributed by atoms with Gasteiger partial charge in [0.15, 0.2) is 0 Å². The Morgan fingerprint density at radius 3 is 3.00 bits per heavy atom. The second kappa shape index (κ2) is 6.12. The highest BCUT2D eigenvalue weighted by Gasteiger charge is 2.03. The van der Waals surface area contributed by atoms with Crippen LogP contribution in [0.5, 0.6) is 0 Å². The lowest BCUT2D eigenvalue weighted by molar-refractivity contribution is -0.121. The first kappa shape index (κ1) is 12.5. The van der Waals surface area contributed by atoms with E-state index < -0.39 is 0 Å². The number of hydrogen-bond donors (Lipinski definition) is 2. The van der Waals surface area contributed by atoms with Crippen molar-refractivity contribution in [2.75, 3.05) is 32.4 Å². The number of rotatable bonds is 6. The number of carbonyl (C=O) groups is 1. The first-order valence-electron chi connectivity index (χ1n) is 5.35. The van der Waals surface area contributed by atoms with Gasteiger partial charge in [-0.15, -0.1) is 0 Å². The third-order valence-corrected chi connectivity index (χ3v) is 2.31.